The van der Waals surface area contributed by atoms with Gasteiger partial charge in [-0.15, -0.1) is 0 Å². The molecule has 2 aromatic carbocycles. The second-order valence-electron chi connectivity index (χ2n) is 8.20. The molecule has 0 radical (unpaired) electrons. The van der Waals surface area contributed by atoms with Crippen LogP contribution < -0.4 is 5.32 Å². The summed E-state index contributed by atoms with van der Waals surface area (Å²) < 4.78 is 19.6. The van der Waals surface area contributed by atoms with Crippen LogP contribution in [0, 0.1) is 17.7 Å². The van der Waals surface area contributed by atoms with Gasteiger partial charge in [-0.25, -0.2) is 9.18 Å². The number of benzene rings is 2. The molecule has 5 rings (SSSR count). The van der Waals surface area contributed by atoms with Crippen molar-refractivity contribution >= 4 is 6.09 Å². The Kier molecular flexibility index (Phi) is 4.55. The van der Waals surface area contributed by atoms with Crippen molar-refractivity contribution in [3.8, 4) is 0 Å². The Labute approximate surface area is 164 Å². The van der Waals surface area contributed by atoms with Gasteiger partial charge in [-0.1, -0.05) is 36.4 Å². The molecule has 146 valence electrons. The first-order valence-electron chi connectivity index (χ1n) is 10.2. The fraction of sp³-hybridized carbons (Fsp3) is 0.435. The van der Waals surface area contributed by atoms with Gasteiger partial charge < -0.3 is 10.1 Å². The molecule has 4 atom stereocenters. The van der Waals surface area contributed by atoms with E-state index in [0.29, 0.717) is 18.4 Å². The van der Waals surface area contributed by atoms with Crippen molar-refractivity contribution in [2.75, 3.05) is 19.6 Å². The number of amides is 1. The average Bonchev–Trinajstić information content (AvgIpc) is 2.94. The summed E-state index contributed by atoms with van der Waals surface area (Å²) in [5, 5.41) is 3.44. The summed E-state index contributed by atoms with van der Waals surface area (Å²) in [6.45, 7) is 2.47. The zero-order valence-corrected chi connectivity index (χ0v) is 15.8. The number of hydrogen-bond donors (Lipinski definition) is 1. The quantitative estimate of drug-likeness (QED) is 0.859. The molecule has 0 unspecified atom stereocenters. The first-order valence-corrected chi connectivity index (χ1v) is 10.2. The van der Waals surface area contributed by atoms with Crippen LogP contribution in [-0.4, -0.2) is 36.7 Å². The summed E-state index contributed by atoms with van der Waals surface area (Å²) >= 11 is 0. The summed E-state index contributed by atoms with van der Waals surface area (Å²) in [6.07, 6.45) is 2.83. The minimum atomic E-state index is -0.270. The van der Waals surface area contributed by atoms with Crippen molar-refractivity contribution in [3.05, 3.63) is 71.0 Å². The van der Waals surface area contributed by atoms with Crippen LogP contribution in [-0.2, 0) is 11.2 Å². The van der Waals surface area contributed by atoms with Crippen molar-refractivity contribution < 1.29 is 13.9 Å². The highest BCUT2D eigenvalue weighted by Gasteiger charge is 2.43. The molecule has 1 aliphatic carbocycles. The van der Waals surface area contributed by atoms with Gasteiger partial charge in [-0.2, -0.15) is 0 Å². The Morgan fingerprint density at radius 3 is 2.50 bits per heavy atom. The fourth-order valence-electron chi connectivity index (χ4n) is 5.18. The van der Waals surface area contributed by atoms with E-state index in [4.69, 9.17) is 4.74 Å². The summed E-state index contributed by atoms with van der Waals surface area (Å²) in [5.74, 6) is 0.571. The highest BCUT2D eigenvalue weighted by Crippen LogP contribution is 2.39. The molecule has 2 bridgehead atoms. The number of carbonyl (C=O) groups excluding carboxylic acids is 1. The van der Waals surface area contributed by atoms with Crippen LogP contribution in [0.2, 0.25) is 0 Å². The first-order chi connectivity index (χ1) is 13.7. The van der Waals surface area contributed by atoms with Crippen LogP contribution in [0.15, 0.2) is 48.5 Å². The van der Waals surface area contributed by atoms with Gasteiger partial charge in [0.2, 0.25) is 0 Å². The molecular formula is C23H25FN2O2. The van der Waals surface area contributed by atoms with Crippen LogP contribution in [0.4, 0.5) is 9.18 Å². The summed E-state index contributed by atoms with van der Waals surface area (Å²) in [7, 11) is 0. The van der Waals surface area contributed by atoms with Gasteiger partial charge in [-0.05, 0) is 48.1 Å². The zero-order chi connectivity index (χ0) is 19.1. The van der Waals surface area contributed by atoms with E-state index in [1.807, 2.05) is 17.0 Å². The van der Waals surface area contributed by atoms with Gasteiger partial charge in [0.25, 0.3) is 0 Å². The minimum Gasteiger partial charge on any atom is -0.445 e. The highest BCUT2D eigenvalue weighted by molar-refractivity contribution is 5.70. The van der Waals surface area contributed by atoms with Crippen molar-refractivity contribution in [1.82, 2.24) is 10.2 Å². The third-order valence-electron chi connectivity index (χ3n) is 6.59. The number of piperidine rings is 1. The zero-order valence-electron chi connectivity index (χ0n) is 15.8. The number of ether oxygens (including phenoxy) is 1. The predicted octanol–water partition coefficient (Wildman–Crippen LogP) is 3.91. The molecule has 4 nitrogen and oxygen atoms in total. The number of rotatable bonds is 2. The topological polar surface area (TPSA) is 41.6 Å². The third-order valence-corrected chi connectivity index (χ3v) is 6.59. The smallest absolute Gasteiger partial charge is 0.410 e. The number of fused-ring (bicyclic) bond motifs is 3. The average molecular weight is 380 g/mol. The number of carbonyl (C=O) groups is 1. The van der Waals surface area contributed by atoms with E-state index in [2.05, 4.69) is 17.4 Å². The van der Waals surface area contributed by atoms with Gasteiger partial charge >= 0.3 is 6.09 Å². The van der Waals surface area contributed by atoms with Crippen molar-refractivity contribution in [2.45, 2.75) is 31.4 Å². The predicted molar refractivity (Wildman–Crippen MR) is 104 cm³/mol. The van der Waals surface area contributed by atoms with E-state index in [-0.39, 0.29) is 24.1 Å². The molecule has 5 heteroatoms. The molecule has 2 heterocycles. The number of nitrogens with one attached hydrogen (secondary N) is 1. The Balaban J connectivity index is 1.45. The Morgan fingerprint density at radius 1 is 1.04 bits per heavy atom. The van der Waals surface area contributed by atoms with Gasteiger partial charge in [-0.3, -0.25) is 4.90 Å². The molecule has 2 aromatic rings. The highest BCUT2D eigenvalue weighted by atomic mass is 19.1. The first kappa shape index (κ1) is 17.7. The molecular weight excluding hydrogens is 355 g/mol. The maximum Gasteiger partial charge on any atom is 0.410 e. The largest absolute Gasteiger partial charge is 0.445 e. The lowest BCUT2D eigenvalue weighted by Gasteiger charge is -2.39. The summed E-state index contributed by atoms with van der Waals surface area (Å²) in [4.78, 5) is 15.1. The summed E-state index contributed by atoms with van der Waals surface area (Å²) in [6, 6.07) is 14.4. The van der Waals surface area contributed by atoms with E-state index >= 15 is 0 Å². The maximum atomic E-state index is 13.5. The SMILES string of the molecule is O=C(O[C@@H]1[C@@H]2CC[C@H]1CNC2)N1CCc2ccccc2[C@@H]1c1ccc(F)cc1. The van der Waals surface area contributed by atoms with Gasteiger partial charge in [0.05, 0.1) is 6.04 Å². The molecule has 1 N–H and O–H groups in total. The second-order valence-corrected chi connectivity index (χ2v) is 8.20. The normalized spacial score (nSPS) is 28.7. The molecule has 28 heavy (non-hydrogen) atoms. The molecule has 1 saturated heterocycles. The van der Waals surface area contributed by atoms with Gasteiger partial charge in [0.1, 0.15) is 11.9 Å². The summed E-state index contributed by atoms with van der Waals surface area (Å²) in [5.41, 5.74) is 3.26. The van der Waals surface area contributed by atoms with Crippen LogP contribution in [0.3, 0.4) is 0 Å². The van der Waals surface area contributed by atoms with E-state index in [9.17, 15) is 9.18 Å². The van der Waals surface area contributed by atoms with E-state index < -0.39 is 0 Å². The van der Waals surface area contributed by atoms with Gasteiger partial charge in [0.15, 0.2) is 0 Å². The standard InChI is InChI=1S/C23H25FN2O2/c24-19-9-7-16(8-10-19)21-20-4-2-1-3-15(20)11-12-26(21)23(27)28-22-17-5-6-18(22)14-25-13-17/h1-4,7-10,17-18,21-22,25H,5-6,11-14H2/t17-,18+,21-,22-/m0/s1. The molecule has 1 saturated carbocycles. The van der Waals surface area contributed by atoms with Crippen LogP contribution in [0.25, 0.3) is 0 Å². The fourth-order valence-corrected chi connectivity index (χ4v) is 5.18. The Morgan fingerprint density at radius 2 is 1.75 bits per heavy atom. The van der Waals surface area contributed by atoms with Crippen molar-refractivity contribution in [1.29, 1.82) is 0 Å². The maximum absolute atomic E-state index is 13.5. The number of nitrogens with zero attached hydrogens (tertiary/aromatic N) is 1. The minimum absolute atomic E-state index is 0.0137. The lowest BCUT2D eigenvalue weighted by molar-refractivity contribution is 0.00835. The van der Waals surface area contributed by atoms with Crippen LogP contribution in [0.5, 0.6) is 0 Å². The molecule has 1 amide bonds. The monoisotopic (exact) mass is 380 g/mol. The van der Waals surface area contributed by atoms with Crippen LogP contribution in [0.1, 0.15) is 35.6 Å². The van der Waals surface area contributed by atoms with E-state index in [1.165, 1.54) is 17.7 Å². The lowest BCUT2D eigenvalue weighted by Crippen LogP contribution is -2.48. The molecule has 2 aliphatic heterocycles. The molecule has 0 spiro atoms. The van der Waals surface area contributed by atoms with E-state index in [1.54, 1.807) is 12.1 Å². The van der Waals surface area contributed by atoms with E-state index in [0.717, 1.165) is 43.5 Å². The second kappa shape index (κ2) is 7.21. The molecule has 3 aliphatic rings. The number of hydrogen-bond acceptors (Lipinski definition) is 3. The molecule has 2 fully saturated rings. The van der Waals surface area contributed by atoms with Crippen molar-refractivity contribution in [3.63, 3.8) is 0 Å². The van der Waals surface area contributed by atoms with Crippen LogP contribution >= 0.6 is 0 Å². The third kappa shape index (κ3) is 3.08. The lowest BCUT2D eigenvalue weighted by atomic mass is 9.88. The van der Waals surface area contributed by atoms with Crippen molar-refractivity contribution in [2.24, 2.45) is 11.8 Å². The Hall–Kier alpha value is -2.40. The Bertz CT molecular complexity index is 853. The van der Waals surface area contributed by atoms with Gasteiger partial charge in [0, 0.05) is 31.5 Å². The molecule has 0 aromatic heterocycles. The number of halogens is 1.